The van der Waals surface area contributed by atoms with Crippen molar-refractivity contribution in [3.63, 3.8) is 0 Å². The molecule has 2 aliphatic rings. The molecule has 0 spiro atoms. The third-order valence-electron chi connectivity index (χ3n) is 7.66. The van der Waals surface area contributed by atoms with Crippen molar-refractivity contribution >= 4 is 18.4 Å². The predicted octanol–water partition coefficient (Wildman–Crippen LogP) is 5.65. The van der Waals surface area contributed by atoms with Crippen LogP contribution in [0, 0.1) is 23.2 Å². The lowest BCUT2D eigenvalue weighted by Gasteiger charge is -2.42. The van der Waals surface area contributed by atoms with E-state index in [0.29, 0.717) is 12.5 Å². The van der Waals surface area contributed by atoms with E-state index in [1.165, 1.54) is 25.7 Å². The summed E-state index contributed by atoms with van der Waals surface area (Å²) < 4.78 is 6.20. The van der Waals surface area contributed by atoms with Gasteiger partial charge in [-0.1, -0.05) is 71.2 Å². The maximum Gasteiger partial charge on any atom is 0.226 e. The van der Waals surface area contributed by atoms with Crippen LogP contribution < -0.4 is 4.74 Å². The second-order valence-corrected chi connectivity index (χ2v) is 11.5. The Morgan fingerprint density at radius 1 is 1.15 bits per heavy atom. The molecule has 1 saturated carbocycles. The molecule has 34 heavy (non-hydrogen) atoms. The topological polar surface area (TPSA) is 49.9 Å². The molecule has 5 nitrogen and oxygen atoms in total. The first kappa shape index (κ1) is 26.3. The second-order valence-electron chi connectivity index (χ2n) is 11.5. The summed E-state index contributed by atoms with van der Waals surface area (Å²) in [6, 6.07) is 7.99. The summed E-state index contributed by atoms with van der Waals surface area (Å²) >= 11 is 0. The molecule has 1 aromatic rings. The normalized spacial score (nSPS) is 19.5. The average Bonchev–Trinajstić information content (AvgIpc) is 3.32. The highest BCUT2D eigenvalue weighted by molar-refractivity contribution is 5.80. The number of benzene rings is 1. The number of ether oxygens (including phenoxy) is 1. The van der Waals surface area contributed by atoms with Crippen LogP contribution in [0.15, 0.2) is 30.8 Å². The summed E-state index contributed by atoms with van der Waals surface area (Å²) in [5.74, 6) is 1.89. The van der Waals surface area contributed by atoms with Crippen LogP contribution in [-0.2, 0) is 9.59 Å². The van der Waals surface area contributed by atoms with Gasteiger partial charge < -0.3 is 14.5 Å². The maximum absolute atomic E-state index is 13.9. The standard InChI is InChI=1S/C29H44N2O3/c1-6-22-11-13-25(14-12-22)34-26-15-17-31(18-16-26)28(33)27(29(2,3)4)24(20-30(5)21-32)19-23-9-7-8-10-23/h6,11-14,21,23-24,26-27H,1,7-10,15-20H2,2-5H3/t24?,27-/m1/s1. The monoisotopic (exact) mass is 468 g/mol. The van der Waals surface area contributed by atoms with Crippen LogP contribution in [0.25, 0.3) is 6.08 Å². The lowest BCUT2D eigenvalue weighted by Crippen LogP contribution is -2.50. The Labute approximate surface area is 206 Å². The van der Waals surface area contributed by atoms with Crippen LogP contribution in [0.4, 0.5) is 0 Å². The van der Waals surface area contributed by atoms with Crippen LogP contribution in [0.5, 0.6) is 5.75 Å². The van der Waals surface area contributed by atoms with Crippen LogP contribution in [0.1, 0.15) is 71.3 Å². The Morgan fingerprint density at radius 2 is 1.76 bits per heavy atom. The molecule has 1 heterocycles. The van der Waals surface area contributed by atoms with Crippen molar-refractivity contribution < 1.29 is 14.3 Å². The summed E-state index contributed by atoms with van der Waals surface area (Å²) in [6.45, 7) is 12.4. The van der Waals surface area contributed by atoms with E-state index in [1.807, 2.05) is 37.4 Å². The zero-order chi connectivity index (χ0) is 24.7. The van der Waals surface area contributed by atoms with E-state index in [9.17, 15) is 9.59 Å². The van der Waals surface area contributed by atoms with E-state index in [1.54, 1.807) is 4.90 Å². The van der Waals surface area contributed by atoms with E-state index in [4.69, 9.17) is 4.74 Å². The molecule has 0 bridgehead atoms. The minimum atomic E-state index is -0.162. The number of rotatable bonds is 10. The van der Waals surface area contributed by atoms with Crippen LogP contribution in [-0.4, -0.2) is 54.9 Å². The molecule has 0 aromatic heterocycles. The molecule has 188 valence electrons. The second kappa shape index (κ2) is 11.9. The molecule has 3 rings (SSSR count). The van der Waals surface area contributed by atoms with Crippen LogP contribution in [0.2, 0.25) is 0 Å². The molecular formula is C29H44N2O3. The van der Waals surface area contributed by atoms with E-state index in [-0.39, 0.29) is 29.3 Å². The van der Waals surface area contributed by atoms with Crippen molar-refractivity contribution in [3.8, 4) is 5.75 Å². The summed E-state index contributed by atoms with van der Waals surface area (Å²) in [7, 11) is 1.84. The molecule has 2 fully saturated rings. The lowest BCUT2D eigenvalue weighted by molar-refractivity contribution is -0.145. The van der Waals surface area contributed by atoms with E-state index in [0.717, 1.165) is 50.1 Å². The van der Waals surface area contributed by atoms with E-state index >= 15 is 0 Å². The molecule has 5 heteroatoms. The lowest BCUT2D eigenvalue weighted by atomic mass is 9.69. The molecule has 1 aliphatic heterocycles. The summed E-state index contributed by atoms with van der Waals surface area (Å²) in [5.41, 5.74) is 0.915. The highest BCUT2D eigenvalue weighted by Crippen LogP contribution is 2.41. The van der Waals surface area contributed by atoms with E-state index < -0.39 is 0 Å². The number of hydrogen-bond donors (Lipinski definition) is 0. The fraction of sp³-hybridized carbons (Fsp3) is 0.655. The molecule has 1 unspecified atom stereocenters. The first-order chi connectivity index (χ1) is 16.2. The molecule has 0 radical (unpaired) electrons. The molecule has 1 saturated heterocycles. The van der Waals surface area contributed by atoms with Crippen molar-refractivity contribution in [2.75, 3.05) is 26.7 Å². The summed E-state index contributed by atoms with van der Waals surface area (Å²) in [6.07, 6.45) is 10.7. The van der Waals surface area contributed by atoms with Crippen molar-refractivity contribution in [1.29, 1.82) is 0 Å². The maximum atomic E-state index is 13.9. The molecule has 0 N–H and O–H groups in total. The molecule has 1 aliphatic carbocycles. The summed E-state index contributed by atoms with van der Waals surface area (Å²) in [4.78, 5) is 29.2. The van der Waals surface area contributed by atoms with Gasteiger partial charge in [-0.25, -0.2) is 0 Å². The van der Waals surface area contributed by atoms with Gasteiger partial charge in [0.25, 0.3) is 0 Å². The van der Waals surface area contributed by atoms with Gasteiger partial charge in [-0.2, -0.15) is 0 Å². The Morgan fingerprint density at radius 3 is 2.29 bits per heavy atom. The Bertz CT molecular complexity index is 800. The smallest absolute Gasteiger partial charge is 0.226 e. The van der Waals surface area contributed by atoms with Gasteiger partial charge in [-0.15, -0.1) is 0 Å². The zero-order valence-corrected chi connectivity index (χ0v) is 21.7. The SMILES string of the molecule is C=Cc1ccc(OC2CCN(C(=O)[C@@H](C(CC3CCCC3)CN(C)C=O)C(C)(C)C)CC2)cc1. The van der Waals surface area contributed by atoms with Crippen LogP contribution >= 0.6 is 0 Å². The highest BCUT2D eigenvalue weighted by Gasteiger charge is 2.42. The van der Waals surface area contributed by atoms with Crippen molar-refractivity contribution in [2.24, 2.45) is 23.2 Å². The van der Waals surface area contributed by atoms with Crippen molar-refractivity contribution in [1.82, 2.24) is 9.80 Å². The van der Waals surface area contributed by atoms with Gasteiger partial charge >= 0.3 is 0 Å². The highest BCUT2D eigenvalue weighted by atomic mass is 16.5. The Hall–Kier alpha value is -2.30. The van der Waals surface area contributed by atoms with Gasteiger partial charge in [0.05, 0.1) is 0 Å². The fourth-order valence-electron chi connectivity index (χ4n) is 5.95. The first-order valence-corrected chi connectivity index (χ1v) is 13.0. The third-order valence-corrected chi connectivity index (χ3v) is 7.66. The number of piperidine rings is 1. The van der Waals surface area contributed by atoms with Crippen molar-refractivity contribution in [3.05, 3.63) is 36.4 Å². The quantitative estimate of drug-likeness (QED) is 0.417. The number of hydrogen-bond acceptors (Lipinski definition) is 3. The molecule has 2 amide bonds. The first-order valence-electron chi connectivity index (χ1n) is 13.0. The van der Waals surface area contributed by atoms with Gasteiger partial charge in [0, 0.05) is 45.4 Å². The number of likely N-dealkylation sites (tertiary alicyclic amines) is 1. The Balaban J connectivity index is 1.66. The molecule has 1 aromatic carbocycles. The predicted molar refractivity (Wildman–Crippen MR) is 138 cm³/mol. The largest absolute Gasteiger partial charge is 0.490 e. The van der Waals surface area contributed by atoms with Gasteiger partial charge in [0.2, 0.25) is 12.3 Å². The van der Waals surface area contributed by atoms with Gasteiger partial charge in [0.15, 0.2) is 0 Å². The number of amides is 2. The third kappa shape index (κ3) is 7.10. The van der Waals surface area contributed by atoms with E-state index in [2.05, 4.69) is 32.3 Å². The summed E-state index contributed by atoms with van der Waals surface area (Å²) in [5, 5.41) is 0. The number of carbonyl (C=O) groups is 2. The Kier molecular flexibility index (Phi) is 9.21. The number of nitrogens with zero attached hydrogens (tertiary/aromatic N) is 2. The molecule has 2 atom stereocenters. The molecular weight excluding hydrogens is 424 g/mol. The van der Waals surface area contributed by atoms with Crippen molar-refractivity contribution in [2.45, 2.75) is 71.8 Å². The zero-order valence-electron chi connectivity index (χ0n) is 21.7. The van der Waals surface area contributed by atoms with Gasteiger partial charge in [0.1, 0.15) is 11.9 Å². The van der Waals surface area contributed by atoms with Gasteiger partial charge in [-0.3, -0.25) is 9.59 Å². The minimum absolute atomic E-state index is 0.0978. The number of carbonyl (C=O) groups excluding carboxylic acids is 2. The minimum Gasteiger partial charge on any atom is -0.490 e. The van der Waals surface area contributed by atoms with Crippen LogP contribution in [0.3, 0.4) is 0 Å². The fourth-order valence-corrected chi connectivity index (χ4v) is 5.95. The average molecular weight is 469 g/mol. The van der Waals surface area contributed by atoms with Gasteiger partial charge in [-0.05, 0) is 41.4 Å².